The van der Waals surface area contributed by atoms with Crippen molar-refractivity contribution in [2.45, 2.75) is 25.2 Å². The van der Waals surface area contributed by atoms with E-state index in [9.17, 15) is 4.79 Å². The molecule has 0 radical (unpaired) electrons. The minimum absolute atomic E-state index is 0.0240. The summed E-state index contributed by atoms with van der Waals surface area (Å²) in [5.74, 6) is 0.372. The third kappa shape index (κ3) is 4.83. The largest absolute Gasteiger partial charge is 0.369 e. The molecule has 1 atom stereocenters. The van der Waals surface area contributed by atoms with E-state index in [1.54, 1.807) is 0 Å². The predicted molar refractivity (Wildman–Crippen MR) is 120 cm³/mol. The minimum atomic E-state index is -0.218. The van der Waals surface area contributed by atoms with Crippen LogP contribution in [0.25, 0.3) is 11.1 Å². The van der Waals surface area contributed by atoms with Gasteiger partial charge in [0.1, 0.15) is 6.54 Å². The maximum Gasteiger partial charge on any atom is 0.228 e. The SMILES string of the molecule is CN1CCN(c2ccc(-c3ccccc3)cc2[C@@H](CC2CC2)C(=O)NCC#N)CC1. The fourth-order valence-corrected chi connectivity index (χ4v) is 4.29. The molecule has 5 heteroatoms. The molecule has 1 N–H and O–H groups in total. The normalized spacial score (nSPS) is 17.9. The van der Waals surface area contributed by atoms with Crippen LogP contribution in [0.3, 0.4) is 0 Å². The Morgan fingerprint density at radius 2 is 1.83 bits per heavy atom. The number of anilines is 1. The summed E-state index contributed by atoms with van der Waals surface area (Å²) < 4.78 is 0. The second-order valence-corrected chi connectivity index (χ2v) is 8.54. The van der Waals surface area contributed by atoms with Crippen LogP contribution in [0.2, 0.25) is 0 Å². The molecule has 1 aliphatic carbocycles. The van der Waals surface area contributed by atoms with Gasteiger partial charge in [0, 0.05) is 31.9 Å². The summed E-state index contributed by atoms with van der Waals surface area (Å²) in [6.45, 7) is 4.03. The molecule has 1 saturated carbocycles. The number of nitrogens with zero attached hydrogens (tertiary/aromatic N) is 3. The summed E-state index contributed by atoms with van der Waals surface area (Å²) >= 11 is 0. The van der Waals surface area contributed by atoms with Crippen LogP contribution in [0.1, 0.15) is 30.7 Å². The second kappa shape index (κ2) is 9.32. The van der Waals surface area contributed by atoms with Crippen molar-refractivity contribution in [2.24, 2.45) is 5.92 Å². The molecule has 0 aromatic heterocycles. The Balaban J connectivity index is 1.73. The first-order valence-electron chi connectivity index (χ1n) is 10.9. The number of benzene rings is 2. The third-order valence-corrected chi connectivity index (χ3v) is 6.28. The van der Waals surface area contributed by atoms with E-state index in [0.717, 1.165) is 49.3 Å². The van der Waals surface area contributed by atoms with E-state index in [0.29, 0.717) is 5.92 Å². The molecule has 0 bridgehead atoms. The van der Waals surface area contributed by atoms with Crippen molar-refractivity contribution in [2.75, 3.05) is 44.7 Å². The lowest BCUT2D eigenvalue weighted by Gasteiger charge is -2.36. The van der Waals surface area contributed by atoms with Crippen molar-refractivity contribution >= 4 is 11.6 Å². The number of carbonyl (C=O) groups is 1. The average Bonchev–Trinajstić information content (AvgIpc) is 3.61. The summed E-state index contributed by atoms with van der Waals surface area (Å²) in [5.41, 5.74) is 4.56. The maximum absolute atomic E-state index is 13.1. The van der Waals surface area contributed by atoms with Crippen LogP contribution in [0.15, 0.2) is 48.5 Å². The van der Waals surface area contributed by atoms with Gasteiger partial charge >= 0.3 is 0 Å². The zero-order valence-electron chi connectivity index (χ0n) is 17.7. The zero-order chi connectivity index (χ0) is 20.9. The average molecular weight is 403 g/mol. The molecule has 2 fully saturated rings. The topological polar surface area (TPSA) is 59.4 Å². The molecule has 1 amide bonds. The lowest BCUT2D eigenvalue weighted by molar-refractivity contribution is -0.122. The van der Waals surface area contributed by atoms with Gasteiger partial charge in [-0.3, -0.25) is 4.79 Å². The van der Waals surface area contributed by atoms with Crippen molar-refractivity contribution in [3.63, 3.8) is 0 Å². The number of nitrogens with one attached hydrogen (secondary N) is 1. The van der Waals surface area contributed by atoms with Gasteiger partial charge in [0.25, 0.3) is 0 Å². The Morgan fingerprint density at radius 1 is 1.10 bits per heavy atom. The van der Waals surface area contributed by atoms with Gasteiger partial charge in [0.15, 0.2) is 0 Å². The highest BCUT2D eigenvalue weighted by molar-refractivity contribution is 5.87. The quantitative estimate of drug-likeness (QED) is 0.719. The van der Waals surface area contributed by atoms with E-state index in [-0.39, 0.29) is 18.4 Å². The van der Waals surface area contributed by atoms with Gasteiger partial charge in [-0.25, -0.2) is 0 Å². The van der Waals surface area contributed by atoms with Crippen molar-refractivity contribution < 1.29 is 4.79 Å². The summed E-state index contributed by atoms with van der Waals surface area (Å²) in [5, 5.41) is 11.8. The van der Waals surface area contributed by atoms with E-state index in [1.165, 1.54) is 18.5 Å². The highest BCUT2D eigenvalue weighted by Gasteiger charge is 2.33. The van der Waals surface area contributed by atoms with Crippen LogP contribution < -0.4 is 10.2 Å². The van der Waals surface area contributed by atoms with Gasteiger partial charge in [-0.2, -0.15) is 5.26 Å². The molecule has 1 saturated heterocycles. The minimum Gasteiger partial charge on any atom is -0.369 e. The number of rotatable bonds is 7. The monoisotopic (exact) mass is 402 g/mol. The van der Waals surface area contributed by atoms with Crippen molar-refractivity contribution in [3.8, 4) is 17.2 Å². The maximum atomic E-state index is 13.1. The Hall–Kier alpha value is -2.84. The van der Waals surface area contributed by atoms with Crippen LogP contribution in [0.5, 0.6) is 0 Å². The molecule has 2 aromatic carbocycles. The van der Waals surface area contributed by atoms with E-state index >= 15 is 0 Å². The number of likely N-dealkylation sites (N-methyl/N-ethyl adjacent to an activating group) is 1. The van der Waals surface area contributed by atoms with E-state index in [4.69, 9.17) is 5.26 Å². The van der Waals surface area contributed by atoms with E-state index < -0.39 is 0 Å². The highest BCUT2D eigenvalue weighted by atomic mass is 16.1. The van der Waals surface area contributed by atoms with Gasteiger partial charge in [-0.1, -0.05) is 49.2 Å². The van der Waals surface area contributed by atoms with Gasteiger partial charge in [-0.15, -0.1) is 0 Å². The van der Waals surface area contributed by atoms with Gasteiger partial charge < -0.3 is 15.1 Å². The summed E-state index contributed by atoms with van der Waals surface area (Å²) in [4.78, 5) is 17.9. The molecular weight excluding hydrogens is 372 g/mol. The summed E-state index contributed by atoms with van der Waals surface area (Å²) in [6, 6.07) is 19.0. The number of piperazine rings is 1. The first kappa shape index (κ1) is 20.4. The number of amides is 1. The Labute approximate surface area is 179 Å². The van der Waals surface area contributed by atoms with Crippen molar-refractivity contribution in [1.82, 2.24) is 10.2 Å². The Bertz CT molecular complexity index is 908. The summed E-state index contributed by atoms with van der Waals surface area (Å²) in [7, 11) is 2.15. The van der Waals surface area contributed by atoms with Crippen molar-refractivity contribution in [3.05, 3.63) is 54.1 Å². The molecule has 30 heavy (non-hydrogen) atoms. The van der Waals surface area contributed by atoms with Gasteiger partial charge in [0.05, 0.1) is 12.0 Å². The molecule has 2 aliphatic rings. The van der Waals surface area contributed by atoms with Gasteiger partial charge in [-0.05, 0) is 48.2 Å². The molecule has 0 spiro atoms. The Morgan fingerprint density at radius 3 is 2.50 bits per heavy atom. The second-order valence-electron chi connectivity index (χ2n) is 8.54. The molecule has 5 nitrogen and oxygen atoms in total. The van der Waals surface area contributed by atoms with Crippen LogP contribution in [0.4, 0.5) is 5.69 Å². The van der Waals surface area contributed by atoms with Crippen LogP contribution >= 0.6 is 0 Å². The van der Waals surface area contributed by atoms with E-state index in [2.05, 4.69) is 52.5 Å². The molecule has 1 heterocycles. The third-order valence-electron chi connectivity index (χ3n) is 6.28. The molecule has 4 rings (SSSR count). The first-order chi connectivity index (χ1) is 14.7. The Kier molecular flexibility index (Phi) is 6.35. The molecule has 2 aromatic rings. The van der Waals surface area contributed by atoms with Crippen LogP contribution in [-0.2, 0) is 4.79 Å². The predicted octanol–water partition coefficient (Wildman–Crippen LogP) is 3.63. The lowest BCUT2D eigenvalue weighted by atomic mass is 9.88. The fraction of sp³-hybridized carbons (Fsp3) is 0.440. The number of hydrogen-bond acceptors (Lipinski definition) is 4. The number of hydrogen-bond donors (Lipinski definition) is 1. The fourth-order valence-electron chi connectivity index (χ4n) is 4.29. The first-order valence-corrected chi connectivity index (χ1v) is 10.9. The molecule has 1 aliphatic heterocycles. The number of nitriles is 1. The highest BCUT2D eigenvalue weighted by Crippen LogP contribution is 2.42. The van der Waals surface area contributed by atoms with Crippen molar-refractivity contribution in [1.29, 1.82) is 5.26 Å². The molecule has 0 unspecified atom stereocenters. The van der Waals surface area contributed by atoms with E-state index in [1.807, 2.05) is 24.3 Å². The molecular formula is C25H30N4O. The van der Waals surface area contributed by atoms with Gasteiger partial charge in [0.2, 0.25) is 5.91 Å². The van der Waals surface area contributed by atoms with Crippen LogP contribution in [-0.4, -0.2) is 50.6 Å². The standard InChI is InChI=1S/C25H30N4O/c1-28-13-15-29(16-14-28)24-10-9-21(20-5-3-2-4-6-20)18-22(24)23(17-19-7-8-19)25(30)27-12-11-26/h2-6,9-10,18-19,23H,7-8,12-17H2,1H3,(H,27,30)/t23-/m1/s1. The summed E-state index contributed by atoms with van der Waals surface area (Å²) in [6.07, 6.45) is 3.25. The zero-order valence-corrected chi connectivity index (χ0v) is 17.7. The number of carbonyl (C=O) groups excluding carboxylic acids is 1. The molecule has 156 valence electrons. The lowest BCUT2D eigenvalue weighted by Crippen LogP contribution is -2.45. The van der Waals surface area contributed by atoms with Crippen LogP contribution in [0, 0.1) is 17.2 Å². The smallest absolute Gasteiger partial charge is 0.228 e.